The maximum absolute atomic E-state index is 5.95. The molecule has 0 aliphatic rings. The minimum absolute atomic E-state index is 0. The number of benzene rings is 1. The highest BCUT2D eigenvalue weighted by atomic mass is 35.5. The fraction of sp³-hybridized carbons (Fsp3) is 0. The van der Waals surface area contributed by atoms with Crippen LogP contribution < -0.4 is 5.32 Å². The Morgan fingerprint density at radius 1 is 1.05 bits per heavy atom. The van der Waals surface area contributed by atoms with Gasteiger partial charge in [-0.15, -0.1) is 12.4 Å². The molecule has 2 N–H and O–H groups in total. The van der Waals surface area contributed by atoms with Gasteiger partial charge < -0.3 is 10.3 Å². The van der Waals surface area contributed by atoms with E-state index in [1.807, 2.05) is 6.07 Å². The predicted molar refractivity (Wildman–Crippen MR) is 78.7 cm³/mol. The van der Waals surface area contributed by atoms with Crippen LogP contribution in [0.15, 0.2) is 30.9 Å². The van der Waals surface area contributed by atoms with Crippen molar-refractivity contribution in [1.29, 1.82) is 0 Å². The molecule has 0 atom stereocenters. The molecule has 2 aromatic heterocycles. The molecule has 98 valence electrons. The largest absolute Gasteiger partial charge is 0.340 e. The zero-order valence-electron chi connectivity index (χ0n) is 9.39. The molecular weight excluding hydrogens is 309 g/mol. The number of hydrogen-bond donors (Lipinski definition) is 2. The number of H-pyrrole nitrogens is 1. The third-order valence-corrected chi connectivity index (χ3v) is 3.14. The summed E-state index contributed by atoms with van der Waals surface area (Å²) in [4.78, 5) is 15.2. The first-order chi connectivity index (χ1) is 8.74. The molecule has 8 heteroatoms. The Morgan fingerprint density at radius 3 is 2.68 bits per heavy atom. The molecule has 0 spiro atoms. The van der Waals surface area contributed by atoms with Crippen molar-refractivity contribution in [2.75, 3.05) is 5.32 Å². The molecule has 19 heavy (non-hydrogen) atoms. The zero-order chi connectivity index (χ0) is 12.5. The lowest BCUT2D eigenvalue weighted by Gasteiger charge is -2.06. The maximum atomic E-state index is 5.95. The van der Waals surface area contributed by atoms with Crippen LogP contribution in [0.5, 0.6) is 0 Å². The Hall–Kier alpha value is -1.56. The van der Waals surface area contributed by atoms with Crippen molar-refractivity contribution < 1.29 is 0 Å². The second-order valence-electron chi connectivity index (χ2n) is 3.58. The van der Waals surface area contributed by atoms with Gasteiger partial charge in [0, 0.05) is 5.69 Å². The van der Waals surface area contributed by atoms with Crippen molar-refractivity contribution in [2.24, 2.45) is 0 Å². The van der Waals surface area contributed by atoms with Gasteiger partial charge >= 0.3 is 0 Å². The molecule has 0 saturated heterocycles. The average Bonchev–Trinajstić information content (AvgIpc) is 2.83. The Kier molecular flexibility index (Phi) is 4.09. The second-order valence-corrected chi connectivity index (χ2v) is 4.39. The van der Waals surface area contributed by atoms with Crippen LogP contribution in [-0.4, -0.2) is 19.9 Å². The Balaban J connectivity index is 0.00000133. The lowest BCUT2D eigenvalue weighted by molar-refractivity contribution is 1.20. The number of anilines is 2. The van der Waals surface area contributed by atoms with E-state index >= 15 is 0 Å². The third kappa shape index (κ3) is 2.73. The standard InChI is InChI=1S/C11H7Cl2N5.ClH/c12-7-2-1-6(3-8(7)13)18-11-9-10(15-4-14-9)16-5-17-11;/h1-5H,(H2,14,15,16,17,18);1H. The minimum atomic E-state index is 0. The molecule has 3 aromatic rings. The Labute approximate surface area is 124 Å². The van der Waals surface area contributed by atoms with Crippen LogP contribution in [0.1, 0.15) is 0 Å². The second kappa shape index (κ2) is 5.61. The summed E-state index contributed by atoms with van der Waals surface area (Å²) in [5.41, 5.74) is 2.13. The fourth-order valence-electron chi connectivity index (χ4n) is 1.57. The van der Waals surface area contributed by atoms with Gasteiger partial charge in [-0.25, -0.2) is 15.0 Å². The van der Waals surface area contributed by atoms with Crippen LogP contribution in [0.2, 0.25) is 10.0 Å². The monoisotopic (exact) mass is 315 g/mol. The number of nitrogens with one attached hydrogen (secondary N) is 2. The molecule has 0 saturated carbocycles. The van der Waals surface area contributed by atoms with E-state index in [0.29, 0.717) is 21.5 Å². The quantitative estimate of drug-likeness (QED) is 0.754. The Bertz CT molecular complexity index is 712. The molecule has 1 aromatic carbocycles. The van der Waals surface area contributed by atoms with E-state index in [-0.39, 0.29) is 12.4 Å². The highest BCUT2D eigenvalue weighted by Gasteiger charge is 2.06. The number of imidazole rings is 1. The SMILES string of the molecule is Cl.Clc1ccc(Nc2ncnc3nc[nH]c23)cc1Cl. The number of fused-ring (bicyclic) bond motifs is 1. The van der Waals surface area contributed by atoms with Gasteiger partial charge in [-0.1, -0.05) is 23.2 Å². The van der Waals surface area contributed by atoms with Crippen molar-refractivity contribution in [3.05, 3.63) is 40.9 Å². The highest BCUT2D eigenvalue weighted by Crippen LogP contribution is 2.27. The minimum Gasteiger partial charge on any atom is -0.340 e. The van der Waals surface area contributed by atoms with E-state index in [2.05, 4.69) is 25.3 Å². The van der Waals surface area contributed by atoms with Gasteiger partial charge in [0.15, 0.2) is 11.5 Å². The number of aromatic amines is 1. The summed E-state index contributed by atoms with van der Waals surface area (Å²) in [5, 5.41) is 4.13. The molecule has 0 amide bonds. The average molecular weight is 317 g/mol. The summed E-state index contributed by atoms with van der Waals surface area (Å²) in [7, 11) is 0. The van der Waals surface area contributed by atoms with E-state index < -0.39 is 0 Å². The van der Waals surface area contributed by atoms with Gasteiger partial charge in [0.05, 0.1) is 16.4 Å². The Morgan fingerprint density at radius 2 is 1.89 bits per heavy atom. The van der Waals surface area contributed by atoms with Crippen molar-refractivity contribution >= 4 is 58.3 Å². The molecule has 2 heterocycles. The molecule has 0 radical (unpaired) electrons. The topological polar surface area (TPSA) is 66.5 Å². The van der Waals surface area contributed by atoms with Gasteiger partial charge in [0.25, 0.3) is 0 Å². The maximum Gasteiger partial charge on any atom is 0.182 e. The van der Waals surface area contributed by atoms with Gasteiger partial charge in [-0.3, -0.25) is 0 Å². The summed E-state index contributed by atoms with van der Waals surface area (Å²) in [6.07, 6.45) is 3.02. The van der Waals surface area contributed by atoms with Crippen molar-refractivity contribution in [1.82, 2.24) is 19.9 Å². The van der Waals surface area contributed by atoms with Crippen LogP contribution in [0.4, 0.5) is 11.5 Å². The first-order valence-electron chi connectivity index (χ1n) is 5.10. The van der Waals surface area contributed by atoms with E-state index in [1.54, 1.807) is 18.5 Å². The summed E-state index contributed by atoms with van der Waals surface area (Å²) in [6.45, 7) is 0. The van der Waals surface area contributed by atoms with E-state index in [0.717, 1.165) is 11.2 Å². The zero-order valence-corrected chi connectivity index (χ0v) is 11.7. The van der Waals surface area contributed by atoms with Crippen LogP contribution in [0.3, 0.4) is 0 Å². The van der Waals surface area contributed by atoms with Crippen LogP contribution in [0.25, 0.3) is 11.2 Å². The van der Waals surface area contributed by atoms with Crippen LogP contribution in [-0.2, 0) is 0 Å². The lowest BCUT2D eigenvalue weighted by atomic mass is 10.3. The summed E-state index contributed by atoms with van der Waals surface area (Å²) in [5.74, 6) is 0.635. The first kappa shape index (κ1) is 13.9. The summed E-state index contributed by atoms with van der Waals surface area (Å²) < 4.78 is 0. The normalized spacial score (nSPS) is 10.2. The predicted octanol–water partition coefficient (Wildman–Crippen LogP) is 3.83. The fourth-order valence-corrected chi connectivity index (χ4v) is 1.87. The molecule has 0 aliphatic carbocycles. The first-order valence-corrected chi connectivity index (χ1v) is 5.86. The van der Waals surface area contributed by atoms with E-state index in [9.17, 15) is 0 Å². The molecule has 0 aliphatic heterocycles. The number of hydrogen-bond acceptors (Lipinski definition) is 4. The van der Waals surface area contributed by atoms with Gasteiger partial charge in [-0.2, -0.15) is 0 Å². The van der Waals surface area contributed by atoms with Crippen molar-refractivity contribution in [3.8, 4) is 0 Å². The van der Waals surface area contributed by atoms with E-state index in [4.69, 9.17) is 23.2 Å². The number of aromatic nitrogens is 4. The molecular formula is C11H8Cl3N5. The highest BCUT2D eigenvalue weighted by molar-refractivity contribution is 6.42. The number of halogens is 3. The molecule has 0 bridgehead atoms. The third-order valence-electron chi connectivity index (χ3n) is 2.41. The summed E-state index contributed by atoms with van der Waals surface area (Å²) in [6, 6.07) is 5.27. The van der Waals surface area contributed by atoms with Gasteiger partial charge in [0.2, 0.25) is 0 Å². The molecule has 0 unspecified atom stereocenters. The number of rotatable bonds is 2. The van der Waals surface area contributed by atoms with Crippen LogP contribution >= 0.6 is 35.6 Å². The number of nitrogens with zero attached hydrogens (tertiary/aromatic N) is 3. The molecule has 5 nitrogen and oxygen atoms in total. The molecule has 3 rings (SSSR count). The van der Waals surface area contributed by atoms with Crippen molar-refractivity contribution in [3.63, 3.8) is 0 Å². The smallest absolute Gasteiger partial charge is 0.182 e. The molecule has 0 fully saturated rings. The van der Waals surface area contributed by atoms with Crippen molar-refractivity contribution in [2.45, 2.75) is 0 Å². The van der Waals surface area contributed by atoms with Crippen LogP contribution in [0, 0.1) is 0 Å². The lowest BCUT2D eigenvalue weighted by Crippen LogP contribution is -1.95. The van der Waals surface area contributed by atoms with Gasteiger partial charge in [-0.05, 0) is 18.2 Å². The van der Waals surface area contributed by atoms with E-state index in [1.165, 1.54) is 6.33 Å². The summed E-state index contributed by atoms with van der Waals surface area (Å²) >= 11 is 11.8. The van der Waals surface area contributed by atoms with Gasteiger partial charge in [0.1, 0.15) is 11.8 Å².